The molecule has 0 bridgehead atoms. The van der Waals surface area contributed by atoms with Gasteiger partial charge in [-0.3, -0.25) is 4.79 Å². The van der Waals surface area contributed by atoms with E-state index in [1.165, 1.54) is 5.56 Å². The topological polar surface area (TPSA) is 47.9 Å². The molecule has 148 valence electrons. The Morgan fingerprint density at radius 2 is 1.85 bits per heavy atom. The van der Waals surface area contributed by atoms with Gasteiger partial charge in [-0.15, -0.1) is 0 Å². The third kappa shape index (κ3) is 5.02. The van der Waals surface area contributed by atoms with Crippen molar-refractivity contribution in [3.8, 4) is 0 Å². The Balaban J connectivity index is 1.65. The summed E-state index contributed by atoms with van der Waals surface area (Å²) in [5.74, 6) is 2.28. The Morgan fingerprint density at radius 1 is 1.11 bits per heavy atom. The Bertz CT molecular complexity index is 624. The molecule has 2 atom stereocenters. The summed E-state index contributed by atoms with van der Waals surface area (Å²) < 4.78 is 0. The summed E-state index contributed by atoms with van der Waals surface area (Å²) in [5, 5.41) is 3.40. The van der Waals surface area contributed by atoms with E-state index >= 15 is 0 Å². The maximum absolute atomic E-state index is 12.4. The zero-order valence-electron chi connectivity index (χ0n) is 16.9. The van der Waals surface area contributed by atoms with Gasteiger partial charge in [-0.2, -0.15) is 0 Å². The molecule has 2 aliphatic rings. The van der Waals surface area contributed by atoms with Crippen molar-refractivity contribution in [1.29, 1.82) is 0 Å². The van der Waals surface area contributed by atoms with Crippen LogP contribution < -0.4 is 5.32 Å². The molecule has 3 rings (SSSR count). The first-order valence-corrected chi connectivity index (χ1v) is 10.6. The number of aliphatic imine (C=N–C) groups is 1. The molecule has 27 heavy (non-hydrogen) atoms. The lowest BCUT2D eigenvalue weighted by Crippen LogP contribution is -2.48. The number of hydrogen-bond acceptors (Lipinski definition) is 2. The van der Waals surface area contributed by atoms with Crippen LogP contribution in [0.1, 0.15) is 51.0 Å². The molecule has 0 radical (unpaired) electrons. The number of hydrogen-bond donors (Lipinski definition) is 1. The van der Waals surface area contributed by atoms with Crippen LogP contribution in [0.15, 0.2) is 35.3 Å². The van der Waals surface area contributed by atoms with Crippen LogP contribution in [0.3, 0.4) is 0 Å². The highest BCUT2D eigenvalue weighted by Crippen LogP contribution is 2.34. The van der Waals surface area contributed by atoms with E-state index in [-0.39, 0.29) is 12.5 Å². The molecular formula is C22H34N4O. The van der Waals surface area contributed by atoms with Crippen LogP contribution in [0.5, 0.6) is 0 Å². The molecule has 0 saturated carbocycles. The first-order valence-electron chi connectivity index (χ1n) is 10.6. The van der Waals surface area contributed by atoms with Crippen LogP contribution in [-0.4, -0.2) is 60.9 Å². The summed E-state index contributed by atoms with van der Waals surface area (Å²) >= 11 is 0. The van der Waals surface area contributed by atoms with E-state index in [1.807, 2.05) is 4.90 Å². The summed E-state index contributed by atoms with van der Waals surface area (Å²) in [6, 6.07) is 10.9. The van der Waals surface area contributed by atoms with Crippen LogP contribution in [0.25, 0.3) is 0 Å². The monoisotopic (exact) mass is 370 g/mol. The normalized spacial score (nSPS) is 23.6. The standard InChI is InChI=1S/C22H34N4O/c1-3-18-17-26(15-12-20(18)19-10-6-5-7-11-19)22(23-4-2)24-16-21(27)25-13-8-9-14-25/h5-7,10-11,18,20H,3-4,8-9,12-17H2,1-2H3,(H,23,24). The van der Waals surface area contributed by atoms with Crippen molar-refractivity contribution in [2.24, 2.45) is 10.9 Å². The van der Waals surface area contributed by atoms with Crippen LogP contribution in [-0.2, 0) is 4.79 Å². The van der Waals surface area contributed by atoms with Crippen LogP contribution in [0.4, 0.5) is 0 Å². The van der Waals surface area contributed by atoms with Crippen molar-refractivity contribution in [3.63, 3.8) is 0 Å². The van der Waals surface area contributed by atoms with Crippen LogP contribution >= 0.6 is 0 Å². The molecule has 2 unspecified atom stereocenters. The molecule has 0 aliphatic carbocycles. The number of nitrogens with one attached hydrogen (secondary N) is 1. The molecule has 0 spiro atoms. The molecule has 2 fully saturated rings. The molecule has 5 nitrogen and oxygen atoms in total. The zero-order valence-corrected chi connectivity index (χ0v) is 16.9. The highest BCUT2D eigenvalue weighted by Gasteiger charge is 2.30. The summed E-state index contributed by atoms with van der Waals surface area (Å²) in [5.41, 5.74) is 1.45. The van der Waals surface area contributed by atoms with Crippen LogP contribution in [0, 0.1) is 5.92 Å². The maximum Gasteiger partial charge on any atom is 0.244 e. The van der Waals surface area contributed by atoms with Gasteiger partial charge in [0, 0.05) is 32.7 Å². The van der Waals surface area contributed by atoms with Crippen molar-refractivity contribution in [2.75, 3.05) is 39.3 Å². The van der Waals surface area contributed by atoms with Gasteiger partial charge in [0.25, 0.3) is 0 Å². The summed E-state index contributed by atoms with van der Waals surface area (Å²) in [7, 11) is 0. The SMILES string of the molecule is CCNC(=NCC(=O)N1CCCC1)N1CCC(c2ccccc2)C(CC)C1. The quantitative estimate of drug-likeness (QED) is 0.640. The van der Waals surface area contributed by atoms with Gasteiger partial charge in [0.05, 0.1) is 0 Å². The van der Waals surface area contributed by atoms with Gasteiger partial charge in [0.1, 0.15) is 6.54 Å². The first-order chi connectivity index (χ1) is 13.2. The van der Waals surface area contributed by atoms with Gasteiger partial charge in [-0.25, -0.2) is 4.99 Å². The number of piperidine rings is 1. The first kappa shape index (κ1) is 19.7. The van der Waals surface area contributed by atoms with Crippen molar-refractivity contribution in [2.45, 2.75) is 45.4 Å². The summed E-state index contributed by atoms with van der Waals surface area (Å²) in [4.78, 5) is 21.4. The van der Waals surface area contributed by atoms with Gasteiger partial charge in [0.15, 0.2) is 5.96 Å². The van der Waals surface area contributed by atoms with E-state index in [9.17, 15) is 4.79 Å². The molecule has 0 aromatic heterocycles. The number of rotatable bonds is 5. The van der Waals surface area contributed by atoms with E-state index in [0.29, 0.717) is 11.8 Å². The molecule has 1 amide bonds. The average molecular weight is 371 g/mol. The molecule has 5 heteroatoms. The zero-order chi connectivity index (χ0) is 19.1. The third-order valence-electron chi connectivity index (χ3n) is 5.94. The van der Waals surface area contributed by atoms with Crippen molar-refractivity contribution >= 4 is 11.9 Å². The second-order valence-electron chi connectivity index (χ2n) is 7.68. The summed E-state index contributed by atoms with van der Waals surface area (Å²) in [6.07, 6.45) is 4.54. The Morgan fingerprint density at radius 3 is 2.52 bits per heavy atom. The lowest BCUT2D eigenvalue weighted by Gasteiger charge is -2.40. The second kappa shape index (κ2) is 9.77. The van der Waals surface area contributed by atoms with Gasteiger partial charge in [-0.05, 0) is 43.6 Å². The van der Waals surface area contributed by atoms with Crippen molar-refractivity contribution in [1.82, 2.24) is 15.1 Å². The van der Waals surface area contributed by atoms with Crippen molar-refractivity contribution < 1.29 is 4.79 Å². The van der Waals surface area contributed by atoms with E-state index in [0.717, 1.165) is 64.4 Å². The summed E-state index contributed by atoms with van der Waals surface area (Å²) in [6.45, 7) is 9.23. The number of carbonyl (C=O) groups excluding carboxylic acids is 1. The molecule has 1 N–H and O–H groups in total. The third-order valence-corrected chi connectivity index (χ3v) is 5.94. The van der Waals surface area contributed by atoms with Gasteiger partial charge in [-0.1, -0.05) is 43.7 Å². The largest absolute Gasteiger partial charge is 0.357 e. The lowest BCUT2D eigenvalue weighted by atomic mass is 9.79. The molecule has 2 saturated heterocycles. The molecule has 2 aliphatic heterocycles. The number of carbonyl (C=O) groups is 1. The Labute approximate surface area is 163 Å². The van der Waals surface area contributed by atoms with E-state index in [1.54, 1.807) is 0 Å². The van der Waals surface area contributed by atoms with E-state index in [4.69, 9.17) is 0 Å². The van der Waals surface area contributed by atoms with Crippen molar-refractivity contribution in [3.05, 3.63) is 35.9 Å². The Kier molecular flexibility index (Phi) is 7.13. The number of nitrogens with zero attached hydrogens (tertiary/aromatic N) is 3. The number of amides is 1. The van der Waals surface area contributed by atoms with Crippen LogP contribution in [0.2, 0.25) is 0 Å². The highest BCUT2D eigenvalue weighted by atomic mass is 16.2. The predicted octanol–water partition coefficient (Wildman–Crippen LogP) is 3.09. The maximum atomic E-state index is 12.4. The fourth-order valence-electron chi connectivity index (χ4n) is 4.41. The fourth-order valence-corrected chi connectivity index (χ4v) is 4.41. The smallest absolute Gasteiger partial charge is 0.244 e. The average Bonchev–Trinajstić information content (AvgIpc) is 3.26. The minimum Gasteiger partial charge on any atom is -0.357 e. The minimum atomic E-state index is 0.161. The van der Waals surface area contributed by atoms with E-state index < -0.39 is 0 Å². The van der Waals surface area contributed by atoms with Gasteiger partial charge in [0.2, 0.25) is 5.91 Å². The lowest BCUT2D eigenvalue weighted by molar-refractivity contribution is -0.128. The predicted molar refractivity (Wildman–Crippen MR) is 111 cm³/mol. The number of guanidine groups is 1. The van der Waals surface area contributed by atoms with E-state index in [2.05, 4.69) is 59.4 Å². The van der Waals surface area contributed by atoms with Gasteiger partial charge >= 0.3 is 0 Å². The molecule has 1 aromatic carbocycles. The number of benzene rings is 1. The second-order valence-corrected chi connectivity index (χ2v) is 7.68. The molecule has 1 aromatic rings. The minimum absolute atomic E-state index is 0.161. The highest BCUT2D eigenvalue weighted by molar-refractivity contribution is 5.85. The molecule has 2 heterocycles. The Hall–Kier alpha value is -2.04. The van der Waals surface area contributed by atoms with Gasteiger partial charge < -0.3 is 15.1 Å². The number of likely N-dealkylation sites (tertiary alicyclic amines) is 2. The molecular weight excluding hydrogens is 336 g/mol. The fraction of sp³-hybridized carbons (Fsp3) is 0.636.